The van der Waals surface area contributed by atoms with Crippen molar-refractivity contribution < 1.29 is 23.0 Å². The molecule has 5 heteroatoms. The van der Waals surface area contributed by atoms with Crippen LogP contribution in [0.5, 0.6) is 0 Å². The van der Waals surface area contributed by atoms with Crippen molar-refractivity contribution in [3.8, 4) is 0 Å². The molecule has 0 atom stereocenters. The summed E-state index contributed by atoms with van der Waals surface area (Å²) in [6.07, 6.45) is 5.88. The zero-order valence-electron chi connectivity index (χ0n) is 11.5. The second kappa shape index (κ2) is 9.77. The van der Waals surface area contributed by atoms with Crippen LogP contribution in [0.3, 0.4) is 0 Å². The summed E-state index contributed by atoms with van der Waals surface area (Å²) in [6.45, 7) is 0.662. The molecule has 0 saturated carbocycles. The molecule has 0 spiro atoms. The Kier molecular flexibility index (Phi) is 8.30. The molecule has 0 aliphatic heterocycles. The third-order valence-corrected chi connectivity index (χ3v) is 3.07. The lowest BCUT2D eigenvalue weighted by atomic mass is 10.1. The van der Waals surface area contributed by atoms with E-state index in [-0.39, 0.29) is 18.8 Å². The third-order valence-electron chi connectivity index (χ3n) is 3.07. The summed E-state index contributed by atoms with van der Waals surface area (Å²) in [5.41, 5.74) is 0.0341. The zero-order chi connectivity index (χ0) is 14.8. The van der Waals surface area contributed by atoms with Crippen LogP contribution in [-0.2, 0) is 11.3 Å². The van der Waals surface area contributed by atoms with Gasteiger partial charge in [0.25, 0.3) is 0 Å². The molecule has 0 aromatic heterocycles. The second-order valence-corrected chi connectivity index (χ2v) is 4.73. The van der Waals surface area contributed by atoms with Gasteiger partial charge in [0.1, 0.15) is 0 Å². The lowest BCUT2D eigenvalue weighted by Gasteiger charge is -2.06. The highest BCUT2D eigenvalue weighted by atomic mass is 19.2. The topological polar surface area (TPSA) is 29.5 Å². The minimum absolute atomic E-state index is 0.0341. The Morgan fingerprint density at radius 1 is 0.850 bits per heavy atom. The van der Waals surface area contributed by atoms with E-state index in [1.165, 1.54) is 6.07 Å². The van der Waals surface area contributed by atoms with E-state index in [1.807, 2.05) is 0 Å². The fraction of sp³-hybridized carbons (Fsp3) is 0.600. The van der Waals surface area contributed by atoms with E-state index >= 15 is 0 Å². The number of aliphatic hydroxyl groups is 1. The lowest BCUT2D eigenvalue weighted by Crippen LogP contribution is -2.01. The Bertz CT molecular complexity index is 397. The van der Waals surface area contributed by atoms with Gasteiger partial charge in [0.15, 0.2) is 17.5 Å². The van der Waals surface area contributed by atoms with Gasteiger partial charge in [-0.15, -0.1) is 0 Å². The molecule has 0 radical (unpaired) electrons. The molecule has 0 unspecified atom stereocenters. The Labute approximate surface area is 117 Å². The van der Waals surface area contributed by atoms with Gasteiger partial charge in [-0.2, -0.15) is 0 Å². The van der Waals surface area contributed by atoms with Gasteiger partial charge in [0.05, 0.1) is 6.61 Å². The maximum absolute atomic E-state index is 13.3. The quantitative estimate of drug-likeness (QED) is 0.522. The van der Waals surface area contributed by atoms with Crippen molar-refractivity contribution in [3.05, 3.63) is 35.1 Å². The minimum atomic E-state index is -1.45. The average molecular weight is 290 g/mol. The summed E-state index contributed by atoms with van der Waals surface area (Å²) in [7, 11) is 0. The second-order valence-electron chi connectivity index (χ2n) is 4.73. The molecule has 0 aliphatic rings. The van der Waals surface area contributed by atoms with Gasteiger partial charge in [-0.25, -0.2) is 13.2 Å². The molecule has 0 amide bonds. The summed E-state index contributed by atoms with van der Waals surface area (Å²) in [5, 5.41) is 8.61. The summed E-state index contributed by atoms with van der Waals surface area (Å²) < 4.78 is 44.2. The highest BCUT2D eigenvalue weighted by Gasteiger charge is 2.12. The van der Waals surface area contributed by atoms with Crippen molar-refractivity contribution >= 4 is 0 Å². The molecule has 0 saturated heterocycles. The van der Waals surface area contributed by atoms with Crippen molar-refractivity contribution in [2.24, 2.45) is 0 Å². The molecule has 1 rings (SSSR count). The van der Waals surface area contributed by atoms with Crippen LogP contribution in [0.4, 0.5) is 13.2 Å². The van der Waals surface area contributed by atoms with E-state index in [0.29, 0.717) is 6.61 Å². The number of hydrogen-bond donors (Lipinski definition) is 1. The van der Waals surface area contributed by atoms with Crippen molar-refractivity contribution in [1.82, 2.24) is 0 Å². The first-order valence-corrected chi connectivity index (χ1v) is 6.97. The molecule has 1 N–H and O–H groups in total. The van der Waals surface area contributed by atoms with Crippen LogP contribution >= 0.6 is 0 Å². The first-order chi connectivity index (χ1) is 9.66. The Balaban J connectivity index is 2.11. The highest BCUT2D eigenvalue weighted by Crippen LogP contribution is 2.16. The standard InChI is InChI=1S/C15H21F3O2/c16-13-8-7-12(14(17)15(13)18)11-20-10-6-4-2-1-3-5-9-19/h7-8,19H,1-6,9-11H2. The van der Waals surface area contributed by atoms with Crippen LogP contribution in [0.25, 0.3) is 0 Å². The van der Waals surface area contributed by atoms with Gasteiger partial charge in [0.2, 0.25) is 0 Å². The number of ether oxygens (including phenoxy) is 1. The molecule has 0 fully saturated rings. The van der Waals surface area contributed by atoms with Gasteiger partial charge in [-0.05, 0) is 18.9 Å². The normalized spacial score (nSPS) is 11.0. The maximum atomic E-state index is 13.3. The number of unbranched alkanes of at least 4 members (excludes halogenated alkanes) is 5. The molecule has 0 aliphatic carbocycles. The first-order valence-electron chi connectivity index (χ1n) is 6.97. The lowest BCUT2D eigenvalue weighted by molar-refractivity contribution is 0.113. The molecule has 1 aromatic rings. The number of aliphatic hydroxyl groups excluding tert-OH is 1. The van der Waals surface area contributed by atoms with Crippen LogP contribution in [0.1, 0.15) is 44.1 Å². The molecule has 0 bridgehead atoms. The van der Waals surface area contributed by atoms with Crippen LogP contribution in [0.2, 0.25) is 0 Å². The highest BCUT2D eigenvalue weighted by molar-refractivity contribution is 5.19. The Hall–Kier alpha value is -1.07. The summed E-state index contributed by atoms with van der Waals surface area (Å²) >= 11 is 0. The average Bonchev–Trinajstić information content (AvgIpc) is 2.45. The van der Waals surface area contributed by atoms with Crippen LogP contribution in [-0.4, -0.2) is 18.3 Å². The zero-order valence-corrected chi connectivity index (χ0v) is 11.5. The van der Waals surface area contributed by atoms with Gasteiger partial charge >= 0.3 is 0 Å². The van der Waals surface area contributed by atoms with E-state index in [4.69, 9.17) is 9.84 Å². The summed E-state index contributed by atoms with van der Waals surface area (Å²) in [4.78, 5) is 0. The fourth-order valence-corrected chi connectivity index (χ4v) is 1.88. The Morgan fingerprint density at radius 3 is 2.20 bits per heavy atom. The van der Waals surface area contributed by atoms with Crippen molar-refractivity contribution in [2.75, 3.05) is 13.2 Å². The summed E-state index contributed by atoms with van der Waals surface area (Å²) in [6, 6.07) is 2.10. The molecule has 0 heterocycles. The molecular formula is C15H21F3O2. The monoisotopic (exact) mass is 290 g/mol. The number of halogens is 3. The van der Waals surface area contributed by atoms with Crippen LogP contribution in [0, 0.1) is 17.5 Å². The van der Waals surface area contributed by atoms with Gasteiger partial charge in [-0.1, -0.05) is 31.7 Å². The van der Waals surface area contributed by atoms with E-state index in [9.17, 15) is 13.2 Å². The van der Waals surface area contributed by atoms with Gasteiger partial charge < -0.3 is 9.84 Å². The number of benzene rings is 1. The molecule has 114 valence electrons. The van der Waals surface area contributed by atoms with Crippen LogP contribution in [0.15, 0.2) is 12.1 Å². The van der Waals surface area contributed by atoms with Gasteiger partial charge in [0, 0.05) is 18.8 Å². The maximum Gasteiger partial charge on any atom is 0.194 e. The largest absolute Gasteiger partial charge is 0.396 e. The predicted molar refractivity (Wildman–Crippen MR) is 70.8 cm³/mol. The van der Waals surface area contributed by atoms with E-state index in [0.717, 1.165) is 44.6 Å². The van der Waals surface area contributed by atoms with Crippen molar-refractivity contribution in [2.45, 2.75) is 45.1 Å². The molecule has 2 nitrogen and oxygen atoms in total. The molecular weight excluding hydrogens is 269 g/mol. The third kappa shape index (κ3) is 5.92. The first kappa shape index (κ1) is 17.0. The SMILES string of the molecule is OCCCCCCCCOCc1ccc(F)c(F)c1F. The fourth-order valence-electron chi connectivity index (χ4n) is 1.88. The Morgan fingerprint density at radius 2 is 1.50 bits per heavy atom. The number of hydrogen-bond acceptors (Lipinski definition) is 2. The van der Waals surface area contributed by atoms with E-state index in [1.54, 1.807) is 0 Å². The summed E-state index contributed by atoms with van der Waals surface area (Å²) in [5.74, 6) is -3.81. The predicted octanol–water partition coefficient (Wildman–Crippen LogP) is 3.95. The number of rotatable bonds is 10. The van der Waals surface area contributed by atoms with E-state index < -0.39 is 17.5 Å². The molecule has 1 aromatic carbocycles. The van der Waals surface area contributed by atoms with E-state index in [2.05, 4.69) is 0 Å². The van der Waals surface area contributed by atoms with Crippen molar-refractivity contribution in [3.63, 3.8) is 0 Å². The van der Waals surface area contributed by atoms with Crippen LogP contribution < -0.4 is 0 Å². The van der Waals surface area contributed by atoms with Crippen molar-refractivity contribution in [1.29, 1.82) is 0 Å². The molecule has 20 heavy (non-hydrogen) atoms. The smallest absolute Gasteiger partial charge is 0.194 e. The minimum Gasteiger partial charge on any atom is -0.396 e. The van der Waals surface area contributed by atoms with Gasteiger partial charge in [-0.3, -0.25) is 0 Å².